The maximum absolute atomic E-state index is 12.1. The van der Waals surface area contributed by atoms with Gasteiger partial charge in [0.2, 0.25) is 0 Å². The zero-order valence-corrected chi connectivity index (χ0v) is 16.2. The molecule has 2 aromatic carbocycles. The molecule has 0 saturated carbocycles. The van der Waals surface area contributed by atoms with Crippen LogP contribution in [-0.4, -0.2) is 17.2 Å². The molecule has 1 aliphatic rings. The fourth-order valence-electron chi connectivity index (χ4n) is 3.79. The van der Waals surface area contributed by atoms with Crippen molar-refractivity contribution >= 4 is 5.97 Å². The molecular weight excluding hydrogens is 336 g/mol. The quantitative estimate of drug-likeness (QED) is 0.444. The third kappa shape index (κ3) is 5.59. The number of aryl methyl sites for hydroxylation is 1. The normalized spacial score (nSPS) is 19.2. The van der Waals surface area contributed by atoms with Gasteiger partial charge < -0.3 is 9.84 Å². The molecule has 0 spiro atoms. The molecular formula is C24H30O3. The monoisotopic (exact) mass is 366 g/mol. The molecule has 0 aromatic heterocycles. The SMILES string of the molecule is CCCCCCC1CC(CCc2ccc(-c3ccc(O)cc3)cc2)C(=O)O1. The van der Waals surface area contributed by atoms with Crippen molar-refractivity contribution in [3.63, 3.8) is 0 Å². The highest BCUT2D eigenvalue weighted by Crippen LogP contribution is 2.29. The third-order valence-corrected chi connectivity index (χ3v) is 5.48. The van der Waals surface area contributed by atoms with Crippen LogP contribution in [0.5, 0.6) is 5.75 Å². The zero-order chi connectivity index (χ0) is 19.1. The second-order valence-electron chi connectivity index (χ2n) is 7.62. The number of unbranched alkanes of at least 4 members (excludes halogenated alkanes) is 3. The summed E-state index contributed by atoms with van der Waals surface area (Å²) in [5.74, 6) is 0.330. The lowest BCUT2D eigenvalue weighted by atomic mass is 9.94. The van der Waals surface area contributed by atoms with Crippen LogP contribution >= 0.6 is 0 Å². The molecule has 2 atom stereocenters. The van der Waals surface area contributed by atoms with Gasteiger partial charge in [-0.25, -0.2) is 0 Å². The first-order chi connectivity index (χ1) is 13.2. The summed E-state index contributed by atoms with van der Waals surface area (Å²) in [5, 5.41) is 9.40. The highest BCUT2D eigenvalue weighted by molar-refractivity contribution is 5.74. The molecule has 1 aliphatic heterocycles. The Morgan fingerprint density at radius 3 is 2.26 bits per heavy atom. The van der Waals surface area contributed by atoms with Crippen molar-refractivity contribution in [2.24, 2.45) is 5.92 Å². The molecule has 3 rings (SSSR count). The number of carbonyl (C=O) groups is 1. The van der Waals surface area contributed by atoms with Crippen molar-refractivity contribution in [1.82, 2.24) is 0 Å². The van der Waals surface area contributed by atoms with Crippen LogP contribution in [0, 0.1) is 5.92 Å². The molecule has 144 valence electrons. The molecule has 0 amide bonds. The van der Waals surface area contributed by atoms with Gasteiger partial charge in [-0.3, -0.25) is 4.79 Å². The molecule has 0 aliphatic carbocycles. The van der Waals surface area contributed by atoms with Gasteiger partial charge in [-0.1, -0.05) is 62.6 Å². The van der Waals surface area contributed by atoms with Gasteiger partial charge in [-0.15, -0.1) is 0 Å². The molecule has 1 heterocycles. The van der Waals surface area contributed by atoms with E-state index in [9.17, 15) is 9.90 Å². The van der Waals surface area contributed by atoms with Crippen LogP contribution in [0.25, 0.3) is 11.1 Å². The lowest BCUT2D eigenvalue weighted by Gasteiger charge is -2.08. The van der Waals surface area contributed by atoms with E-state index in [0.29, 0.717) is 0 Å². The molecule has 3 nitrogen and oxygen atoms in total. The maximum Gasteiger partial charge on any atom is 0.309 e. The number of cyclic esters (lactones) is 1. The highest BCUT2D eigenvalue weighted by atomic mass is 16.5. The van der Waals surface area contributed by atoms with Gasteiger partial charge >= 0.3 is 5.97 Å². The van der Waals surface area contributed by atoms with Gasteiger partial charge in [0.15, 0.2) is 0 Å². The Bertz CT molecular complexity index is 718. The Labute approximate surface area is 162 Å². The van der Waals surface area contributed by atoms with E-state index in [0.717, 1.165) is 43.2 Å². The minimum absolute atomic E-state index is 0.00351. The van der Waals surface area contributed by atoms with Crippen molar-refractivity contribution < 1.29 is 14.6 Å². The topological polar surface area (TPSA) is 46.5 Å². The van der Waals surface area contributed by atoms with Gasteiger partial charge in [0.1, 0.15) is 11.9 Å². The number of carbonyl (C=O) groups excluding carboxylic acids is 1. The lowest BCUT2D eigenvalue weighted by Crippen LogP contribution is -2.08. The van der Waals surface area contributed by atoms with E-state index in [1.54, 1.807) is 12.1 Å². The molecule has 3 heteroatoms. The van der Waals surface area contributed by atoms with E-state index in [1.807, 2.05) is 12.1 Å². The number of hydrogen-bond donors (Lipinski definition) is 1. The summed E-state index contributed by atoms with van der Waals surface area (Å²) in [5.41, 5.74) is 3.47. The van der Waals surface area contributed by atoms with Gasteiger partial charge in [0, 0.05) is 0 Å². The zero-order valence-electron chi connectivity index (χ0n) is 16.2. The van der Waals surface area contributed by atoms with Crippen molar-refractivity contribution in [3.05, 3.63) is 54.1 Å². The van der Waals surface area contributed by atoms with Crippen LogP contribution in [0.2, 0.25) is 0 Å². The third-order valence-electron chi connectivity index (χ3n) is 5.48. The van der Waals surface area contributed by atoms with Gasteiger partial charge in [0.05, 0.1) is 5.92 Å². The average Bonchev–Trinajstić information content (AvgIpc) is 3.04. The summed E-state index contributed by atoms with van der Waals surface area (Å²) in [6.07, 6.45) is 8.71. The predicted octanol–water partition coefficient (Wildman–Crippen LogP) is 5.89. The van der Waals surface area contributed by atoms with Crippen molar-refractivity contribution in [3.8, 4) is 16.9 Å². The summed E-state index contributed by atoms with van der Waals surface area (Å²) in [7, 11) is 0. The van der Waals surface area contributed by atoms with E-state index < -0.39 is 0 Å². The Morgan fingerprint density at radius 1 is 0.926 bits per heavy atom. The number of hydrogen-bond acceptors (Lipinski definition) is 3. The van der Waals surface area contributed by atoms with Crippen LogP contribution in [0.1, 0.15) is 57.4 Å². The summed E-state index contributed by atoms with van der Waals surface area (Å²) in [6, 6.07) is 15.7. The number of phenols is 1. The Morgan fingerprint density at radius 2 is 1.59 bits per heavy atom. The van der Waals surface area contributed by atoms with Crippen molar-refractivity contribution in [2.45, 2.75) is 64.4 Å². The Hall–Kier alpha value is -2.29. The Kier molecular flexibility index (Phi) is 6.92. The van der Waals surface area contributed by atoms with Crippen LogP contribution in [0.4, 0.5) is 0 Å². The first-order valence-electron chi connectivity index (χ1n) is 10.2. The number of aromatic hydroxyl groups is 1. The molecule has 1 N–H and O–H groups in total. The van der Waals surface area contributed by atoms with Crippen LogP contribution in [-0.2, 0) is 16.0 Å². The van der Waals surface area contributed by atoms with E-state index in [2.05, 4.69) is 31.2 Å². The highest BCUT2D eigenvalue weighted by Gasteiger charge is 2.33. The van der Waals surface area contributed by atoms with Gasteiger partial charge in [-0.05, 0) is 60.9 Å². The van der Waals surface area contributed by atoms with Crippen molar-refractivity contribution in [1.29, 1.82) is 0 Å². The smallest absolute Gasteiger partial charge is 0.309 e. The van der Waals surface area contributed by atoms with E-state index in [-0.39, 0.29) is 23.7 Å². The second-order valence-corrected chi connectivity index (χ2v) is 7.62. The van der Waals surface area contributed by atoms with E-state index in [4.69, 9.17) is 4.74 Å². The number of phenolic OH excluding ortho intramolecular Hbond substituents is 1. The first-order valence-corrected chi connectivity index (χ1v) is 10.2. The summed E-state index contributed by atoms with van der Waals surface area (Å²) in [4.78, 5) is 12.1. The largest absolute Gasteiger partial charge is 0.508 e. The molecule has 1 saturated heterocycles. The predicted molar refractivity (Wildman–Crippen MR) is 109 cm³/mol. The van der Waals surface area contributed by atoms with Crippen LogP contribution in [0.3, 0.4) is 0 Å². The minimum Gasteiger partial charge on any atom is -0.508 e. The molecule has 1 fully saturated rings. The van der Waals surface area contributed by atoms with Gasteiger partial charge in [0.25, 0.3) is 0 Å². The molecule has 27 heavy (non-hydrogen) atoms. The second kappa shape index (κ2) is 9.59. The van der Waals surface area contributed by atoms with E-state index in [1.165, 1.54) is 24.8 Å². The summed E-state index contributed by atoms with van der Waals surface area (Å²) in [6.45, 7) is 2.21. The Balaban J connectivity index is 1.47. The molecule has 2 unspecified atom stereocenters. The summed E-state index contributed by atoms with van der Waals surface area (Å²) >= 11 is 0. The van der Waals surface area contributed by atoms with Crippen molar-refractivity contribution in [2.75, 3.05) is 0 Å². The number of ether oxygens (including phenoxy) is 1. The molecule has 0 radical (unpaired) electrons. The van der Waals surface area contributed by atoms with Gasteiger partial charge in [-0.2, -0.15) is 0 Å². The molecule has 2 aromatic rings. The van der Waals surface area contributed by atoms with Crippen LogP contribution < -0.4 is 0 Å². The number of esters is 1. The number of benzene rings is 2. The average molecular weight is 367 g/mol. The molecule has 0 bridgehead atoms. The van der Waals surface area contributed by atoms with Crippen LogP contribution in [0.15, 0.2) is 48.5 Å². The summed E-state index contributed by atoms with van der Waals surface area (Å²) < 4.78 is 5.57. The first kappa shape index (κ1) is 19.5. The number of rotatable bonds is 9. The lowest BCUT2D eigenvalue weighted by molar-refractivity contribution is -0.144. The fourth-order valence-corrected chi connectivity index (χ4v) is 3.79. The standard InChI is InChI=1S/C24H30O3/c1-2-3-4-5-6-23-17-21(24(26)27-23)12-9-18-7-10-19(11-8-18)20-13-15-22(25)16-14-20/h7-8,10-11,13-16,21,23,25H,2-6,9,12,17H2,1H3. The van der Waals surface area contributed by atoms with E-state index >= 15 is 0 Å². The fraction of sp³-hybridized carbons (Fsp3) is 0.458. The minimum atomic E-state index is -0.00351. The maximum atomic E-state index is 12.1.